The first-order valence-corrected chi connectivity index (χ1v) is 28.9. The molecule has 6 atom stereocenters. The summed E-state index contributed by atoms with van der Waals surface area (Å²) < 4.78 is 5.33. The lowest BCUT2D eigenvalue weighted by Crippen LogP contribution is -2.54. The van der Waals surface area contributed by atoms with Gasteiger partial charge in [0.25, 0.3) is 11.8 Å². The van der Waals surface area contributed by atoms with Crippen LogP contribution < -0.4 is 43.6 Å². The number of ketones is 2. The summed E-state index contributed by atoms with van der Waals surface area (Å²) in [5.74, 6) is -8.31. The van der Waals surface area contributed by atoms with Crippen molar-refractivity contribution in [3.63, 3.8) is 0 Å². The lowest BCUT2D eigenvalue weighted by Gasteiger charge is -2.34. The number of nitrogens with zero attached hydrogens (tertiary/aromatic N) is 5. The molecule has 5 aliphatic heterocycles. The van der Waals surface area contributed by atoms with Gasteiger partial charge in [-0.3, -0.25) is 63.5 Å². The molecule has 454 valence electrons. The van der Waals surface area contributed by atoms with Gasteiger partial charge >= 0.3 is 11.9 Å². The van der Waals surface area contributed by atoms with Crippen LogP contribution in [0.15, 0.2) is 23.2 Å². The number of guanidine groups is 1. The molecule has 26 nitrogen and oxygen atoms in total. The number of aliphatic carboxylic acids is 1. The number of aromatic amines is 2. The van der Waals surface area contributed by atoms with Crippen LogP contribution in [-0.4, -0.2) is 178 Å². The number of carbonyl (C=O) groups excluding carboxylic acids is 8. The molecule has 1 fully saturated rings. The average Bonchev–Trinajstić information content (AvgIpc) is 2.27. The number of esters is 1. The second kappa shape index (κ2) is 28.9. The van der Waals surface area contributed by atoms with Crippen LogP contribution in [0, 0.1) is 13.8 Å². The normalized spacial score (nSPS) is 23.7. The number of H-pyrrole nitrogens is 2. The maximum absolute atomic E-state index is 14.9. The maximum atomic E-state index is 14.9. The van der Waals surface area contributed by atoms with Crippen LogP contribution in [0.3, 0.4) is 0 Å². The molecule has 2 unspecified atom stereocenters. The third kappa shape index (κ3) is 15.8. The molecule has 8 heterocycles. The first-order valence-electron chi connectivity index (χ1n) is 28.9. The highest BCUT2D eigenvalue weighted by Gasteiger charge is 2.36. The van der Waals surface area contributed by atoms with Gasteiger partial charge in [0.15, 0.2) is 11.7 Å². The number of carboxylic acid groups (broad SMARTS) is 1. The number of rotatable bonds is 10. The summed E-state index contributed by atoms with van der Waals surface area (Å²) in [6.07, 6.45) is 0.891. The number of piperazine rings is 1. The number of fused-ring (bicyclic) bond motifs is 29. The van der Waals surface area contributed by atoms with Crippen LogP contribution in [0.1, 0.15) is 163 Å². The Kier molecular flexibility index (Phi) is 21.9. The van der Waals surface area contributed by atoms with Gasteiger partial charge in [-0.25, -0.2) is 5.43 Å². The van der Waals surface area contributed by atoms with Crippen molar-refractivity contribution < 1.29 is 53.0 Å². The topological polar surface area (TPSA) is 384 Å². The van der Waals surface area contributed by atoms with Gasteiger partial charge in [0.2, 0.25) is 23.5 Å². The van der Waals surface area contributed by atoms with E-state index >= 15 is 0 Å². The smallest absolute Gasteiger partial charge is 0.310 e. The summed E-state index contributed by atoms with van der Waals surface area (Å²) in [5, 5.41) is 20.0. The third-order valence-corrected chi connectivity index (χ3v) is 16.4. The largest absolute Gasteiger partial charge is 0.481 e. The molecule has 5 aliphatic rings. The molecule has 0 saturated carbocycles. The Morgan fingerprint density at radius 3 is 2.05 bits per heavy atom. The number of hydrazine groups is 1. The standard InChI is InChI=1S/C58H81N15O11/c1-8-35-30(2)39-27-44-50(34(6)74)32(4)41(66-44)25-40-31(3)36-13-14-46(75)71-70-38(12-9-15-63-58(59)60)55(81)64-29-47(76)67-45(28-48(77)78)54(80)57(83)62-17-11-19-73-22-20-72(21-23-73)18-10-16-61-56(82)51-33(5)42(26-43(35)65-39)69-53(51)37(52(36)68-40)24-49(79)84-7/h25-27,30-31,35-36,38,45,66,69-70H,8-24,28-29H2,1-7H3,(H,61,82)(H,62,83)(H,64,81)(H,67,76)(H,71,75)(H,77,78)(H4,59,60,63)/t30?,31?,35-,36+,38+,45+/m1/s1. The van der Waals surface area contributed by atoms with E-state index in [2.05, 4.69) is 70.7 Å². The molecule has 0 aliphatic carbocycles. The summed E-state index contributed by atoms with van der Waals surface area (Å²) in [5.41, 5.74) is 23.7. The zero-order valence-corrected chi connectivity index (χ0v) is 49.1. The number of hydrogen-bond acceptors (Lipinski definition) is 16. The van der Waals surface area contributed by atoms with Gasteiger partial charge < -0.3 is 62.3 Å². The zero-order chi connectivity index (χ0) is 60.9. The molecule has 1 saturated heterocycles. The highest BCUT2D eigenvalue weighted by atomic mass is 16.5. The molecule has 26 heteroatoms. The van der Waals surface area contributed by atoms with Gasteiger partial charge in [-0.05, 0) is 102 Å². The second-order valence-electron chi connectivity index (χ2n) is 22.1. The Hall–Kier alpha value is -8.10. The van der Waals surface area contributed by atoms with Crippen molar-refractivity contribution in [2.45, 2.75) is 135 Å². The quantitative estimate of drug-likeness (QED) is 0.0262. The van der Waals surface area contributed by atoms with E-state index < -0.39 is 78.2 Å². The molecule has 8 rings (SSSR count). The number of Topliss-reactive ketones (excluding diaryl/α,β-unsaturated/α-hetero) is 2. The molecule has 13 N–H and O–H groups in total. The number of aromatic nitrogens is 4. The molecule has 3 aromatic rings. The summed E-state index contributed by atoms with van der Waals surface area (Å²) >= 11 is 0. The number of ether oxygens (including phenoxy) is 1. The maximum Gasteiger partial charge on any atom is 0.310 e. The Morgan fingerprint density at radius 2 is 1.42 bits per heavy atom. The molecule has 0 spiro atoms. The monoisotopic (exact) mass is 1160 g/mol. The summed E-state index contributed by atoms with van der Waals surface area (Å²) in [6.45, 7) is 15.5. The number of amides is 5. The summed E-state index contributed by atoms with van der Waals surface area (Å²) in [6, 6.07) is 2.84. The highest BCUT2D eigenvalue weighted by molar-refractivity contribution is 6.38. The van der Waals surface area contributed by atoms with Crippen LogP contribution in [-0.2, 0) is 44.7 Å². The Morgan fingerprint density at radius 1 is 0.786 bits per heavy atom. The molecular formula is C58H81N15O11. The van der Waals surface area contributed by atoms with Crippen LogP contribution >= 0.6 is 0 Å². The number of hydrogen-bond donors (Lipinski definition) is 11. The van der Waals surface area contributed by atoms with E-state index in [9.17, 15) is 48.3 Å². The SMILES string of the molecule is CC[C@H]1c2cc3[nH]c4c(CC(=O)OC)c5nc(cc6[nH]c(cc(n2)C1C)c(C(C)=O)c6C)C(C)[C@@H]5CCC(=O)NN[C@@H](CCCN=C(N)N)C(=O)NCC(=O)N[C@@H](CC(=O)O)C(=O)C(=O)NCCCN1CCN(CCCNC(=O)c4c3C)CC1. The van der Waals surface area contributed by atoms with Crippen molar-refractivity contribution in [2.75, 3.05) is 72.6 Å². The van der Waals surface area contributed by atoms with Crippen molar-refractivity contribution in [2.24, 2.45) is 16.5 Å². The highest BCUT2D eigenvalue weighted by Crippen LogP contribution is 2.44. The van der Waals surface area contributed by atoms with Gasteiger partial charge in [0, 0.05) is 115 Å². The Labute approximate surface area is 487 Å². The molecule has 5 amide bonds. The first kappa shape index (κ1) is 63.5. The minimum absolute atomic E-state index is 0.0181. The third-order valence-electron chi connectivity index (χ3n) is 16.4. The number of carbonyl (C=O) groups is 9. The van der Waals surface area contributed by atoms with Crippen LogP contribution in [0.25, 0.3) is 22.1 Å². The minimum Gasteiger partial charge on any atom is -0.481 e. The van der Waals surface area contributed by atoms with Crippen LogP contribution in [0.4, 0.5) is 0 Å². The van der Waals surface area contributed by atoms with E-state index in [1.807, 2.05) is 39.0 Å². The Bertz CT molecular complexity index is 3210. The summed E-state index contributed by atoms with van der Waals surface area (Å²) in [7, 11) is 1.28. The van der Waals surface area contributed by atoms with Crippen molar-refractivity contribution >= 4 is 81.1 Å². The second-order valence-corrected chi connectivity index (χ2v) is 22.1. The predicted octanol–water partition coefficient (Wildman–Crippen LogP) is 1.76. The van der Waals surface area contributed by atoms with E-state index in [4.69, 9.17) is 26.2 Å². The van der Waals surface area contributed by atoms with E-state index in [-0.39, 0.29) is 74.7 Å². The molecule has 10 bridgehead atoms. The van der Waals surface area contributed by atoms with Gasteiger partial charge in [-0.1, -0.05) is 20.8 Å². The van der Waals surface area contributed by atoms with Crippen LogP contribution in [0.5, 0.6) is 0 Å². The number of aryl methyl sites for hydroxylation is 2. The van der Waals surface area contributed by atoms with Crippen molar-refractivity contribution in [1.82, 2.24) is 61.9 Å². The lowest BCUT2D eigenvalue weighted by atomic mass is 9.85. The van der Waals surface area contributed by atoms with E-state index in [0.717, 1.165) is 44.0 Å². The molecule has 0 aromatic carbocycles. The first-order chi connectivity index (χ1) is 40.1. The zero-order valence-electron chi connectivity index (χ0n) is 49.1. The van der Waals surface area contributed by atoms with Gasteiger partial charge in [-0.15, -0.1) is 0 Å². The van der Waals surface area contributed by atoms with Gasteiger partial charge in [0.1, 0.15) is 12.1 Å². The number of nitrogens with two attached hydrogens (primary N) is 2. The fourth-order valence-corrected chi connectivity index (χ4v) is 11.6. The fraction of sp³-hybridized carbons (Fsp3) is 0.552. The minimum atomic E-state index is -1.73. The number of nitrogens with one attached hydrogen (secondary N) is 8. The van der Waals surface area contributed by atoms with Gasteiger partial charge in [0.05, 0.1) is 48.8 Å². The van der Waals surface area contributed by atoms with Crippen molar-refractivity contribution in [3.8, 4) is 0 Å². The van der Waals surface area contributed by atoms with E-state index in [1.165, 1.54) is 14.0 Å². The van der Waals surface area contributed by atoms with E-state index in [1.54, 1.807) is 0 Å². The van der Waals surface area contributed by atoms with Gasteiger partial charge in [-0.2, -0.15) is 0 Å². The number of methoxy groups -OCH3 is 1. The fourth-order valence-electron chi connectivity index (χ4n) is 11.6. The average molecular weight is 1160 g/mol. The predicted molar refractivity (Wildman–Crippen MR) is 313 cm³/mol. The molecular weight excluding hydrogens is 1080 g/mol. The van der Waals surface area contributed by atoms with Crippen LogP contribution in [0.2, 0.25) is 0 Å². The van der Waals surface area contributed by atoms with Crippen molar-refractivity contribution in [1.29, 1.82) is 0 Å². The Balaban J connectivity index is 1.32. The van der Waals surface area contributed by atoms with E-state index in [0.29, 0.717) is 93.7 Å². The summed E-state index contributed by atoms with van der Waals surface area (Å²) in [4.78, 5) is 147. The molecule has 84 heavy (non-hydrogen) atoms. The number of carboxylic acids is 1. The van der Waals surface area contributed by atoms with Crippen molar-refractivity contribution in [3.05, 3.63) is 68.8 Å². The number of aliphatic imine (C=N–C) groups is 1. The lowest BCUT2D eigenvalue weighted by molar-refractivity contribution is -0.144. The molecule has 3 aromatic heterocycles. The molecule has 0 radical (unpaired) electrons.